The summed E-state index contributed by atoms with van der Waals surface area (Å²) < 4.78 is 28.1. The average Bonchev–Trinajstić information content (AvgIpc) is 2.43. The molecule has 0 fully saturated rings. The van der Waals surface area contributed by atoms with Crippen LogP contribution in [0.3, 0.4) is 0 Å². The van der Waals surface area contributed by atoms with Gasteiger partial charge in [0, 0.05) is 10.6 Å². The van der Waals surface area contributed by atoms with Gasteiger partial charge in [0.2, 0.25) is 0 Å². The Kier molecular flexibility index (Phi) is 5.13. The Hall–Kier alpha value is -0.970. The normalized spacial score (nSPS) is 12.4. The Morgan fingerprint density at radius 3 is 2.65 bits per heavy atom. The average molecular weight is 361 g/mol. The third-order valence-corrected chi connectivity index (χ3v) is 3.93. The van der Waals surface area contributed by atoms with Gasteiger partial charge in [-0.25, -0.2) is 8.78 Å². The molecule has 0 saturated carbocycles. The third-order valence-electron chi connectivity index (χ3n) is 2.97. The van der Waals surface area contributed by atoms with E-state index in [-0.39, 0.29) is 5.82 Å². The summed E-state index contributed by atoms with van der Waals surface area (Å²) in [6.45, 7) is 2.50. The summed E-state index contributed by atoms with van der Waals surface area (Å²) in [6, 6.07) is 8.61. The molecule has 0 aliphatic carbocycles. The van der Waals surface area contributed by atoms with Crippen LogP contribution in [0.15, 0.2) is 40.9 Å². The molecule has 2 aromatic carbocycles. The second-order valence-electron chi connectivity index (χ2n) is 4.30. The summed E-state index contributed by atoms with van der Waals surface area (Å²) in [5.41, 5.74) is 0.944. The highest BCUT2D eigenvalue weighted by Gasteiger charge is 2.21. The van der Waals surface area contributed by atoms with Gasteiger partial charge >= 0.3 is 0 Å². The van der Waals surface area contributed by atoms with E-state index in [0.29, 0.717) is 27.2 Å². The van der Waals surface area contributed by atoms with Gasteiger partial charge in [-0.15, -0.1) is 0 Å². The lowest BCUT2D eigenvalue weighted by molar-refractivity contribution is 0.551. The van der Waals surface area contributed by atoms with E-state index in [9.17, 15) is 8.78 Å². The molecule has 0 bridgehead atoms. The van der Waals surface area contributed by atoms with E-state index in [4.69, 9.17) is 11.6 Å². The van der Waals surface area contributed by atoms with Crippen molar-refractivity contribution in [2.75, 3.05) is 6.54 Å². The van der Waals surface area contributed by atoms with Gasteiger partial charge in [-0.3, -0.25) is 0 Å². The second kappa shape index (κ2) is 6.66. The highest BCUT2D eigenvalue weighted by atomic mass is 79.9. The van der Waals surface area contributed by atoms with E-state index in [2.05, 4.69) is 21.2 Å². The Bertz CT molecular complexity index is 617. The summed E-state index contributed by atoms with van der Waals surface area (Å²) >= 11 is 9.29. The van der Waals surface area contributed by atoms with Crippen LogP contribution in [-0.2, 0) is 0 Å². The molecule has 0 heterocycles. The minimum Gasteiger partial charge on any atom is -0.306 e. The van der Waals surface area contributed by atoms with Gasteiger partial charge in [0.15, 0.2) is 0 Å². The first-order chi connectivity index (χ1) is 9.54. The first-order valence-corrected chi connectivity index (χ1v) is 7.34. The van der Waals surface area contributed by atoms with Crippen LogP contribution in [0, 0.1) is 11.6 Å². The molecule has 106 valence electrons. The maximum absolute atomic E-state index is 14.3. The lowest BCUT2D eigenvalue weighted by Crippen LogP contribution is -2.23. The van der Waals surface area contributed by atoms with E-state index in [0.717, 1.165) is 0 Å². The Morgan fingerprint density at radius 1 is 1.20 bits per heavy atom. The van der Waals surface area contributed by atoms with Gasteiger partial charge in [0.25, 0.3) is 0 Å². The van der Waals surface area contributed by atoms with Crippen molar-refractivity contribution < 1.29 is 8.78 Å². The van der Waals surface area contributed by atoms with Crippen LogP contribution < -0.4 is 5.32 Å². The van der Waals surface area contributed by atoms with E-state index >= 15 is 0 Å². The van der Waals surface area contributed by atoms with Crippen LogP contribution in [0.4, 0.5) is 8.78 Å². The van der Waals surface area contributed by atoms with Crippen LogP contribution >= 0.6 is 27.5 Å². The van der Waals surface area contributed by atoms with Crippen molar-refractivity contribution >= 4 is 27.5 Å². The summed E-state index contributed by atoms with van der Waals surface area (Å²) in [5, 5.41) is 3.54. The van der Waals surface area contributed by atoms with Gasteiger partial charge in [-0.2, -0.15) is 0 Å². The van der Waals surface area contributed by atoms with Crippen molar-refractivity contribution in [2.45, 2.75) is 13.0 Å². The van der Waals surface area contributed by atoms with Crippen molar-refractivity contribution in [2.24, 2.45) is 0 Å². The van der Waals surface area contributed by atoms with Crippen molar-refractivity contribution in [3.05, 3.63) is 68.7 Å². The molecule has 0 amide bonds. The molecule has 1 atom stereocenters. The maximum atomic E-state index is 14.3. The Labute approximate surface area is 130 Å². The smallest absolute Gasteiger partial charge is 0.142 e. The number of halogens is 4. The fraction of sp³-hybridized carbons (Fsp3) is 0.200. The fourth-order valence-corrected chi connectivity index (χ4v) is 2.68. The van der Waals surface area contributed by atoms with Gasteiger partial charge in [-0.05, 0) is 52.3 Å². The number of rotatable bonds is 4. The molecule has 0 radical (unpaired) electrons. The highest BCUT2D eigenvalue weighted by molar-refractivity contribution is 9.10. The summed E-state index contributed by atoms with van der Waals surface area (Å²) in [5.74, 6) is -0.776. The molecule has 1 N–H and O–H groups in total. The first-order valence-electron chi connectivity index (χ1n) is 6.16. The number of benzene rings is 2. The molecule has 0 aromatic heterocycles. The molecular formula is C15H13BrClF2N. The highest BCUT2D eigenvalue weighted by Crippen LogP contribution is 2.32. The number of hydrogen-bond donors (Lipinski definition) is 1. The zero-order valence-electron chi connectivity index (χ0n) is 10.8. The lowest BCUT2D eigenvalue weighted by Gasteiger charge is -2.21. The van der Waals surface area contributed by atoms with Crippen LogP contribution in [0.2, 0.25) is 5.02 Å². The van der Waals surface area contributed by atoms with Crippen molar-refractivity contribution in [1.82, 2.24) is 5.32 Å². The zero-order valence-corrected chi connectivity index (χ0v) is 13.1. The molecule has 0 spiro atoms. The summed E-state index contributed by atoms with van der Waals surface area (Å²) in [4.78, 5) is 0. The molecule has 2 rings (SSSR count). The lowest BCUT2D eigenvalue weighted by atomic mass is 9.98. The monoisotopic (exact) mass is 359 g/mol. The molecule has 2 aromatic rings. The van der Waals surface area contributed by atoms with Crippen LogP contribution in [0.25, 0.3) is 0 Å². The number of hydrogen-bond acceptors (Lipinski definition) is 1. The quantitative estimate of drug-likeness (QED) is 0.802. The minimum absolute atomic E-state index is 0.366. The topological polar surface area (TPSA) is 12.0 Å². The largest absolute Gasteiger partial charge is 0.306 e. The van der Waals surface area contributed by atoms with Gasteiger partial charge < -0.3 is 5.32 Å². The molecule has 1 nitrogen and oxygen atoms in total. The predicted molar refractivity (Wildman–Crippen MR) is 81.0 cm³/mol. The minimum atomic E-state index is -0.499. The third kappa shape index (κ3) is 3.19. The van der Waals surface area contributed by atoms with E-state index in [1.54, 1.807) is 18.2 Å². The molecule has 0 saturated heterocycles. The zero-order chi connectivity index (χ0) is 14.7. The Balaban J connectivity index is 2.56. The summed E-state index contributed by atoms with van der Waals surface area (Å²) in [6.07, 6.45) is 0. The molecule has 0 aliphatic heterocycles. The van der Waals surface area contributed by atoms with Crippen molar-refractivity contribution in [3.63, 3.8) is 0 Å². The van der Waals surface area contributed by atoms with Crippen LogP contribution in [0.1, 0.15) is 24.1 Å². The van der Waals surface area contributed by atoms with Crippen LogP contribution in [-0.4, -0.2) is 6.54 Å². The molecule has 1 unspecified atom stereocenters. The first kappa shape index (κ1) is 15.4. The Morgan fingerprint density at radius 2 is 1.95 bits per heavy atom. The van der Waals surface area contributed by atoms with E-state index in [1.165, 1.54) is 18.2 Å². The van der Waals surface area contributed by atoms with Crippen molar-refractivity contribution in [1.29, 1.82) is 0 Å². The molecule has 0 aliphatic rings. The van der Waals surface area contributed by atoms with Crippen molar-refractivity contribution in [3.8, 4) is 0 Å². The van der Waals surface area contributed by atoms with Gasteiger partial charge in [-0.1, -0.05) is 30.7 Å². The van der Waals surface area contributed by atoms with Gasteiger partial charge in [0.05, 0.1) is 10.5 Å². The van der Waals surface area contributed by atoms with E-state index < -0.39 is 11.9 Å². The fourth-order valence-electron chi connectivity index (χ4n) is 2.07. The number of nitrogens with one attached hydrogen (secondary N) is 1. The van der Waals surface area contributed by atoms with Gasteiger partial charge in [0.1, 0.15) is 11.6 Å². The van der Waals surface area contributed by atoms with E-state index in [1.807, 2.05) is 6.92 Å². The van der Waals surface area contributed by atoms with Crippen LogP contribution in [0.5, 0.6) is 0 Å². The molecule has 5 heteroatoms. The molecular weight excluding hydrogens is 348 g/mol. The second-order valence-corrected chi connectivity index (χ2v) is 5.56. The summed E-state index contributed by atoms with van der Waals surface area (Å²) in [7, 11) is 0. The standard InChI is InChI=1S/C15H13BrClF2N/c1-2-20-15(10-4-3-5-12(16)14(10)19)11-8-9(18)6-7-13(11)17/h3-8,15,20H,2H2,1H3. The maximum Gasteiger partial charge on any atom is 0.142 e. The SMILES string of the molecule is CCNC(c1cc(F)ccc1Cl)c1cccc(Br)c1F. The molecule has 20 heavy (non-hydrogen) atoms. The predicted octanol–water partition coefficient (Wildman–Crippen LogP) is 5.08.